The third kappa shape index (κ3) is 6.12. The lowest BCUT2D eigenvalue weighted by molar-refractivity contribution is 0.195. The number of anilines is 7. The molecule has 81 heavy (non-hydrogen) atoms. The molecular weight excluding hydrogens is 1020 g/mol. The van der Waals surface area contributed by atoms with Gasteiger partial charge < -0.3 is 19.3 Å². The zero-order valence-electron chi connectivity index (χ0n) is 48.8. The number of hydrogen-bond acceptors (Lipinski definition) is 5. The molecule has 402 valence electrons. The third-order valence-corrected chi connectivity index (χ3v) is 24.5. The van der Waals surface area contributed by atoms with E-state index in [0.29, 0.717) is 0 Å². The van der Waals surface area contributed by atoms with Gasteiger partial charge in [0.25, 0.3) is 6.71 Å². The van der Waals surface area contributed by atoms with E-state index in [1.165, 1.54) is 174 Å². The molecule has 0 N–H and O–H groups in total. The Hall–Kier alpha value is -6.80. The van der Waals surface area contributed by atoms with Gasteiger partial charge in [-0.2, -0.15) is 0 Å². The lowest BCUT2D eigenvalue weighted by atomic mass is 9.33. The summed E-state index contributed by atoms with van der Waals surface area (Å²) in [6.45, 7) is 24.7. The van der Waals surface area contributed by atoms with Gasteiger partial charge in [-0.3, -0.25) is 0 Å². The Morgan fingerprint density at radius 2 is 0.988 bits per heavy atom. The molecule has 0 amide bonds. The van der Waals surface area contributed by atoms with Crippen molar-refractivity contribution in [3.05, 3.63) is 174 Å². The molecule has 8 aromatic carbocycles. The number of para-hydroxylation sites is 1. The van der Waals surface area contributed by atoms with E-state index in [-0.39, 0.29) is 39.5 Å². The van der Waals surface area contributed by atoms with E-state index < -0.39 is 0 Å². The van der Waals surface area contributed by atoms with Crippen molar-refractivity contribution in [3.8, 4) is 5.69 Å². The summed E-state index contributed by atoms with van der Waals surface area (Å²) in [5.41, 5.74) is 23.0. The maximum atomic E-state index is 2.87. The third-order valence-electron chi connectivity index (χ3n) is 22.2. The molecule has 11 aromatic rings. The zero-order chi connectivity index (χ0) is 55.1. The Bertz CT molecular complexity index is 4580. The molecule has 7 heteroatoms. The topological polar surface area (TPSA) is 14.7 Å². The standard InChI is InChI=1S/C74H71BN4S2/c1-69(2,3)44-29-33-55-51(39-44)71(7)35-15-17-37-73(71,9)78(55)46-31-32-53-58(41-46)76(57-25-20-28-63-64(57)48-21-11-13-26-61(48)80-63)59-42-47(79-56-34-30-45(70(4,5)6)40-52(56)72(8)36-16-18-38-74(72,79)10)43-60-65(59)75(53)54-24-19-23-50-66(54)77(60)67-49-22-12-14-27-62(49)81-68(50)67/h11-14,19-34,39-43H,15-18,35-38H2,1-10H3/t71-,72?,73?,74?/m1/s1. The maximum Gasteiger partial charge on any atom is 0.252 e. The summed E-state index contributed by atoms with van der Waals surface area (Å²) in [6.07, 6.45) is 9.63. The average Bonchev–Trinajstić information content (AvgIpc) is 1.90. The second-order valence-corrected chi connectivity index (χ2v) is 30.4. The molecule has 17 rings (SSSR count). The number of nitrogens with zero attached hydrogens (tertiary/aromatic N) is 4. The second kappa shape index (κ2) is 16.1. The molecule has 4 aliphatic heterocycles. The summed E-state index contributed by atoms with van der Waals surface area (Å²) in [5, 5.41) is 5.35. The van der Waals surface area contributed by atoms with E-state index in [2.05, 4.69) is 240 Å². The van der Waals surface area contributed by atoms with Crippen LogP contribution in [-0.2, 0) is 21.7 Å². The molecule has 0 bridgehead atoms. The Labute approximate surface area is 486 Å². The maximum absolute atomic E-state index is 2.87. The van der Waals surface area contributed by atoms with Gasteiger partial charge in [0.15, 0.2) is 0 Å². The van der Waals surface area contributed by atoms with Crippen molar-refractivity contribution < 1.29 is 0 Å². The van der Waals surface area contributed by atoms with Crippen molar-refractivity contribution in [2.75, 3.05) is 14.7 Å². The first kappa shape index (κ1) is 48.9. The highest BCUT2D eigenvalue weighted by atomic mass is 32.1. The summed E-state index contributed by atoms with van der Waals surface area (Å²) >= 11 is 3.89. The first-order valence-electron chi connectivity index (χ1n) is 30.3. The van der Waals surface area contributed by atoms with Crippen molar-refractivity contribution in [2.24, 2.45) is 0 Å². The minimum Gasteiger partial charge on any atom is -0.334 e. The van der Waals surface area contributed by atoms with Crippen molar-refractivity contribution in [2.45, 2.75) is 153 Å². The molecule has 7 heterocycles. The molecule has 0 spiro atoms. The largest absolute Gasteiger partial charge is 0.334 e. The smallest absolute Gasteiger partial charge is 0.252 e. The molecule has 2 saturated carbocycles. The van der Waals surface area contributed by atoms with E-state index in [0.717, 1.165) is 12.8 Å². The fraction of sp³-hybridized carbons (Fsp3) is 0.324. The van der Waals surface area contributed by atoms with Crippen LogP contribution in [-0.4, -0.2) is 22.4 Å². The molecule has 2 fully saturated rings. The number of thiophene rings is 2. The summed E-state index contributed by atoms with van der Waals surface area (Å²) < 4.78 is 8.12. The van der Waals surface area contributed by atoms with Crippen LogP contribution >= 0.6 is 22.7 Å². The van der Waals surface area contributed by atoms with Gasteiger partial charge in [-0.25, -0.2) is 0 Å². The fourth-order valence-electron chi connectivity index (χ4n) is 17.5. The molecular formula is C74H71BN4S2. The summed E-state index contributed by atoms with van der Waals surface area (Å²) in [4.78, 5) is 8.47. The normalized spacial score (nSPS) is 23.6. The molecule has 4 nitrogen and oxygen atoms in total. The van der Waals surface area contributed by atoms with Crippen LogP contribution in [0.25, 0.3) is 57.1 Å². The highest BCUT2D eigenvalue weighted by Gasteiger charge is 2.60. The molecule has 0 saturated heterocycles. The first-order chi connectivity index (χ1) is 38.9. The number of fused-ring (bicyclic) bond motifs is 18. The molecule has 0 radical (unpaired) electrons. The summed E-state index contributed by atoms with van der Waals surface area (Å²) in [6, 6.07) is 60.9. The predicted molar refractivity (Wildman–Crippen MR) is 351 cm³/mol. The van der Waals surface area contributed by atoms with E-state index in [4.69, 9.17) is 0 Å². The fourth-order valence-corrected chi connectivity index (χ4v) is 19.9. The lowest BCUT2D eigenvalue weighted by Gasteiger charge is -2.51. The minimum absolute atomic E-state index is 0.000133. The van der Waals surface area contributed by atoms with Crippen LogP contribution in [0.5, 0.6) is 0 Å². The highest BCUT2D eigenvalue weighted by molar-refractivity contribution is 7.27. The van der Waals surface area contributed by atoms with Crippen LogP contribution < -0.4 is 31.1 Å². The second-order valence-electron chi connectivity index (χ2n) is 28.3. The number of hydrogen-bond donors (Lipinski definition) is 0. The molecule has 3 aromatic heterocycles. The zero-order valence-corrected chi connectivity index (χ0v) is 50.4. The van der Waals surface area contributed by atoms with Gasteiger partial charge in [-0.1, -0.05) is 172 Å². The van der Waals surface area contributed by atoms with E-state index >= 15 is 0 Å². The van der Waals surface area contributed by atoms with Gasteiger partial charge in [0.05, 0.1) is 32.5 Å². The van der Waals surface area contributed by atoms with Gasteiger partial charge in [-0.15, -0.1) is 22.7 Å². The monoisotopic (exact) mass is 1090 g/mol. The lowest BCUT2D eigenvalue weighted by Crippen LogP contribution is -2.61. The van der Waals surface area contributed by atoms with Crippen LogP contribution in [0, 0.1) is 0 Å². The SMILES string of the molecule is CC(C)(C)c1ccc2c(c1)C1(C)CCCCC1(C)N2c1cc2c3c(c1)-n1c4c(cccc4c4sc5ccccc5c41)B3c1ccc(N3c4ccc(C(C)(C)C)cc4[C@@]4(C)CCCCC34C)cc1N2c1cccc2sc3ccccc3c12. The molecule has 6 aliphatic rings. The van der Waals surface area contributed by atoms with Gasteiger partial charge in [0, 0.05) is 86.3 Å². The van der Waals surface area contributed by atoms with Crippen molar-refractivity contribution in [1.29, 1.82) is 0 Å². The molecule has 4 atom stereocenters. The highest BCUT2D eigenvalue weighted by Crippen LogP contribution is 2.64. The van der Waals surface area contributed by atoms with E-state index in [1.54, 1.807) is 0 Å². The van der Waals surface area contributed by atoms with Crippen LogP contribution in [0.15, 0.2) is 152 Å². The quantitative estimate of drug-likeness (QED) is 0.164. The van der Waals surface area contributed by atoms with Gasteiger partial charge in [-0.05, 0) is 150 Å². The average molecular weight is 1090 g/mol. The van der Waals surface area contributed by atoms with Gasteiger partial charge in [0.2, 0.25) is 0 Å². The Balaban J connectivity index is 1.01. The predicted octanol–water partition coefficient (Wildman–Crippen LogP) is 19.1. The van der Waals surface area contributed by atoms with Crippen LogP contribution in [0.4, 0.5) is 39.8 Å². The van der Waals surface area contributed by atoms with Crippen molar-refractivity contribution >= 4 is 137 Å². The number of aromatic nitrogens is 1. The Morgan fingerprint density at radius 3 is 1.65 bits per heavy atom. The van der Waals surface area contributed by atoms with Crippen molar-refractivity contribution in [1.82, 2.24) is 4.57 Å². The van der Waals surface area contributed by atoms with Crippen LogP contribution in [0.3, 0.4) is 0 Å². The Kier molecular flexibility index (Phi) is 9.68. The van der Waals surface area contributed by atoms with E-state index in [1.807, 2.05) is 22.7 Å². The first-order valence-corrected chi connectivity index (χ1v) is 31.9. The number of benzene rings is 8. The van der Waals surface area contributed by atoms with Gasteiger partial charge >= 0.3 is 0 Å². The molecule has 3 unspecified atom stereocenters. The van der Waals surface area contributed by atoms with Crippen LogP contribution in [0.1, 0.15) is 143 Å². The van der Waals surface area contributed by atoms with Crippen molar-refractivity contribution in [3.63, 3.8) is 0 Å². The molecule has 2 aliphatic carbocycles. The van der Waals surface area contributed by atoms with Gasteiger partial charge in [0.1, 0.15) is 0 Å². The number of rotatable bonds is 3. The Morgan fingerprint density at radius 1 is 0.432 bits per heavy atom. The van der Waals surface area contributed by atoms with E-state index in [9.17, 15) is 0 Å². The van der Waals surface area contributed by atoms with Crippen LogP contribution in [0.2, 0.25) is 0 Å². The summed E-state index contributed by atoms with van der Waals surface area (Å²) in [7, 11) is 0. The minimum atomic E-state index is -0.153. The summed E-state index contributed by atoms with van der Waals surface area (Å²) in [5.74, 6) is 0.